The normalized spacial score (nSPS) is 23.6. The van der Waals surface area contributed by atoms with Gasteiger partial charge in [0.2, 0.25) is 0 Å². The Labute approximate surface area is 148 Å². The lowest BCUT2D eigenvalue weighted by Gasteiger charge is -2.44. The maximum Gasteiger partial charge on any atom is 0.410 e. The zero-order chi connectivity index (χ0) is 17.3. The topological polar surface area (TPSA) is 50.6 Å². The van der Waals surface area contributed by atoms with E-state index in [-0.39, 0.29) is 11.6 Å². The van der Waals surface area contributed by atoms with Crippen molar-refractivity contribution in [3.05, 3.63) is 53.9 Å². The molecule has 1 amide bonds. The van der Waals surface area contributed by atoms with Gasteiger partial charge in [0.25, 0.3) is 0 Å². The monoisotopic (exact) mass is 340 g/mol. The van der Waals surface area contributed by atoms with Crippen LogP contribution in [0.4, 0.5) is 4.79 Å². The summed E-state index contributed by atoms with van der Waals surface area (Å²) in [4.78, 5) is 16.5. The zero-order valence-corrected chi connectivity index (χ0v) is 14.6. The number of amides is 1. The fourth-order valence-corrected chi connectivity index (χ4v) is 3.97. The Balaban J connectivity index is 1.53. The van der Waals surface area contributed by atoms with Gasteiger partial charge in [-0.3, -0.25) is 14.5 Å². The highest BCUT2D eigenvalue weighted by atomic mass is 16.6. The molecular formula is C19H24N4O2. The van der Waals surface area contributed by atoms with Gasteiger partial charge in [-0.2, -0.15) is 5.10 Å². The largest absolute Gasteiger partial charge is 0.447 e. The van der Waals surface area contributed by atoms with Crippen molar-refractivity contribution in [3.8, 4) is 0 Å². The molecule has 6 nitrogen and oxygen atoms in total. The van der Waals surface area contributed by atoms with E-state index < -0.39 is 0 Å². The summed E-state index contributed by atoms with van der Waals surface area (Å²) < 4.78 is 7.39. The number of piperazine rings is 1. The lowest BCUT2D eigenvalue weighted by molar-refractivity contribution is 0.0476. The Morgan fingerprint density at radius 3 is 2.80 bits per heavy atom. The predicted molar refractivity (Wildman–Crippen MR) is 94.1 cm³/mol. The quantitative estimate of drug-likeness (QED) is 0.837. The molecule has 0 N–H and O–H groups in total. The maximum absolute atomic E-state index is 12.2. The van der Waals surface area contributed by atoms with Crippen molar-refractivity contribution >= 4 is 6.09 Å². The van der Waals surface area contributed by atoms with Gasteiger partial charge in [-0.15, -0.1) is 0 Å². The lowest BCUT2D eigenvalue weighted by Crippen LogP contribution is -2.62. The van der Waals surface area contributed by atoms with Crippen molar-refractivity contribution in [2.24, 2.45) is 0 Å². The number of cyclic esters (lactones) is 1. The van der Waals surface area contributed by atoms with Gasteiger partial charge in [0.15, 0.2) is 0 Å². The SMILES string of the molecule is CCn1cc(CN2CCN3C(=O)OCC3(Cc3ccccc3)C2)cn1. The maximum atomic E-state index is 12.2. The van der Waals surface area contributed by atoms with E-state index in [0.717, 1.165) is 32.6 Å². The van der Waals surface area contributed by atoms with Crippen molar-refractivity contribution in [2.75, 3.05) is 26.2 Å². The summed E-state index contributed by atoms with van der Waals surface area (Å²) in [7, 11) is 0. The van der Waals surface area contributed by atoms with E-state index >= 15 is 0 Å². The lowest BCUT2D eigenvalue weighted by atomic mass is 9.88. The van der Waals surface area contributed by atoms with Crippen LogP contribution in [0.5, 0.6) is 0 Å². The molecule has 0 aliphatic carbocycles. The summed E-state index contributed by atoms with van der Waals surface area (Å²) in [6.07, 6.45) is 4.70. The van der Waals surface area contributed by atoms with Crippen molar-refractivity contribution in [1.29, 1.82) is 0 Å². The first-order chi connectivity index (χ1) is 12.2. The van der Waals surface area contributed by atoms with Gasteiger partial charge in [-0.25, -0.2) is 4.79 Å². The van der Waals surface area contributed by atoms with Gasteiger partial charge in [0.1, 0.15) is 6.61 Å². The van der Waals surface area contributed by atoms with E-state index in [0.29, 0.717) is 13.2 Å². The molecule has 4 rings (SSSR count). The van der Waals surface area contributed by atoms with Crippen LogP contribution < -0.4 is 0 Å². The summed E-state index contributed by atoms with van der Waals surface area (Å²) >= 11 is 0. The van der Waals surface area contributed by atoms with Gasteiger partial charge >= 0.3 is 6.09 Å². The van der Waals surface area contributed by atoms with Crippen LogP contribution >= 0.6 is 0 Å². The standard InChI is InChI=1S/C19H24N4O2/c1-2-22-13-17(11-20-22)12-21-8-9-23-18(24)25-15-19(23,14-21)10-16-6-4-3-5-7-16/h3-7,11,13H,2,8-10,12,14-15H2,1H3. The molecule has 2 aliphatic rings. The molecule has 0 spiro atoms. The van der Waals surface area contributed by atoms with Gasteiger partial charge < -0.3 is 4.74 Å². The summed E-state index contributed by atoms with van der Waals surface area (Å²) in [5, 5.41) is 4.36. The number of carbonyl (C=O) groups excluding carboxylic acids is 1. The minimum absolute atomic E-state index is 0.172. The number of nitrogens with zero attached hydrogens (tertiary/aromatic N) is 4. The van der Waals surface area contributed by atoms with E-state index in [1.807, 2.05) is 34.0 Å². The highest BCUT2D eigenvalue weighted by Crippen LogP contribution is 2.32. The molecule has 25 heavy (non-hydrogen) atoms. The third kappa shape index (κ3) is 3.14. The van der Waals surface area contributed by atoms with Gasteiger partial charge in [-0.1, -0.05) is 30.3 Å². The van der Waals surface area contributed by atoms with Crippen LogP contribution in [0.2, 0.25) is 0 Å². The van der Waals surface area contributed by atoms with Crippen LogP contribution in [0.1, 0.15) is 18.1 Å². The molecule has 2 fully saturated rings. The molecule has 2 saturated heterocycles. The first kappa shape index (κ1) is 16.1. The van der Waals surface area contributed by atoms with E-state index in [2.05, 4.69) is 35.3 Å². The van der Waals surface area contributed by atoms with Crippen LogP contribution in [-0.4, -0.2) is 57.5 Å². The van der Waals surface area contributed by atoms with Gasteiger partial charge in [-0.05, 0) is 12.5 Å². The number of rotatable bonds is 5. The number of fused-ring (bicyclic) bond motifs is 1. The van der Waals surface area contributed by atoms with Crippen molar-refractivity contribution in [1.82, 2.24) is 19.6 Å². The second-order valence-electron chi connectivity index (χ2n) is 7.01. The number of benzene rings is 1. The number of aryl methyl sites for hydroxylation is 1. The van der Waals surface area contributed by atoms with Crippen molar-refractivity contribution in [3.63, 3.8) is 0 Å². The predicted octanol–water partition coefficient (Wildman–Crippen LogP) is 2.15. The third-order valence-electron chi connectivity index (χ3n) is 5.21. The van der Waals surface area contributed by atoms with E-state index in [9.17, 15) is 4.79 Å². The summed E-state index contributed by atoms with van der Waals surface area (Å²) in [5.41, 5.74) is 2.19. The Hall–Kier alpha value is -2.34. The Morgan fingerprint density at radius 1 is 1.20 bits per heavy atom. The van der Waals surface area contributed by atoms with Gasteiger partial charge in [0.05, 0.1) is 11.7 Å². The molecule has 0 saturated carbocycles. The van der Waals surface area contributed by atoms with Crippen LogP contribution in [-0.2, 0) is 24.2 Å². The summed E-state index contributed by atoms with van der Waals surface area (Å²) in [5.74, 6) is 0. The molecule has 2 aromatic rings. The van der Waals surface area contributed by atoms with Crippen LogP contribution in [0, 0.1) is 0 Å². The highest BCUT2D eigenvalue weighted by Gasteiger charge is 2.50. The van der Waals surface area contributed by atoms with Crippen LogP contribution in [0.15, 0.2) is 42.7 Å². The van der Waals surface area contributed by atoms with E-state index in [1.165, 1.54) is 11.1 Å². The molecule has 1 atom stereocenters. The second-order valence-corrected chi connectivity index (χ2v) is 7.01. The van der Waals surface area contributed by atoms with Gasteiger partial charge in [0, 0.05) is 50.9 Å². The molecule has 1 unspecified atom stereocenters. The molecule has 132 valence electrons. The molecule has 0 bridgehead atoms. The number of hydrogen-bond acceptors (Lipinski definition) is 4. The molecular weight excluding hydrogens is 316 g/mol. The molecule has 1 aromatic carbocycles. The highest BCUT2D eigenvalue weighted by molar-refractivity contribution is 5.71. The number of carbonyl (C=O) groups is 1. The fraction of sp³-hybridized carbons (Fsp3) is 0.474. The van der Waals surface area contributed by atoms with Crippen LogP contribution in [0.25, 0.3) is 0 Å². The molecule has 0 radical (unpaired) electrons. The molecule has 1 aromatic heterocycles. The van der Waals surface area contributed by atoms with Crippen molar-refractivity contribution < 1.29 is 9.53 Å². The number of aromatic nitrogens is 2. The summed E-state index contributed by atoms with van der Waals surface area (Å²) in [6, 6.07) is 10.4. The fourth-order valence-electron chi connectivity index (χ4n) is 3.97. The molecule has 3 heterocycles. The van der Waals surface area contributed by atoms with E-state index in [4.69, 9.17) is 4.74 Å². The van der Waals surface area contributed by atoms with Crippen molar-refractivity contribution in [2.45, 2.75) is 32.0 Å². The van der Waals surface area contributed by atoms with E-state index in [1.54, 1.807) is 0 Å². The number of ether oxygens (including phenoxy) is 1. The zero-order valence-electron chi connectivity index (χ0n) is 14.6. The third-order valence-corrected chi connectivity index (χ3v) is 5.21. The Kier molecular flexibility index (Phi) is 4.21. The number of hydrogen-bond donors (Lipinski definition) is 0. The minimum Gasteiger partial charge on any atom is -0.447 e. The Morgan fingerprint density at radius 2 is 2.04 bits per heavy atom. The second kappa shape index (κ2) is 6.52. The Bertz CT molecular complexity index is 745. The average Bonchev–Trinajstić information content (AvgIpc) is 3.20. The molecule has 6 heteroatoms. The van der Waals surface area contributed by atoms with Crippen LogP contribution in [0.3, 0.4) is 0 Å². The summed E-state index contributed by atoms with van der Waals surface area (Å²) in [6.45, 7) is 6.70. The average molecular weight is 340 g/mol. The molecule has 2 aliphatic heterocycles. The minimum atomic E-state index is -0.266. The first-order valence-corrected chi connectivity index (χ1v) is 8.90. The smallest absolute Gasteiger partial charge is 0.410 e. The first-order valence-electron chi connectivity index (χ1n) is 8.90.